The Morgan fingerprint density at radius 1 is 1.30 bits per heavy atom. The zero-order valence-electron chi connectivity index (χ0n) is 12.4. The van der Waals surface area contributed by atoms with E-state index in [1.807, 2.05) is 25.8 Å². The highest BCUT2D eigenvalue weighted by molar-refractivity contribution is 7.89. The molecule has 0 saturated carbocycles. The molecule has 1 heterocycles. The van der Waals surface area contributed by atoms with Crippen LogP contribution in [0.3, 0.4) is 0 Å². The molecule has 0 unspecified atom stereocenters. The summed E-state index contributed by atoms with van der Waals surface area (Å²) in [5, 5.41) is 3.04. The normalized spacial score (nSPS) is 11.8. The minimum absolute atomic E-state index is 0.201. The third-order valence-electron chi connectivity index (χ3n) is 2.93. The average Bonchev–Trinajstić information content (AvgIpc) is 2.45. The first-order valence-corrected chi connectivity index (χ1v) is 8.36. The molecule has 2 N–H and O–H groups in total. The highest BCUT2D eigenvalue weighted by Gasteiger charge is 2.18. The fraction of sp³-hybridized carbons (Fsp3) is 0.615. The number of hydrogen-bond donors (Lipinski definition) is 2. The van der Waals surface area contributed by atoms with Gasteiger partial charge in [-0.05, 0) is 32.1 Å². The molecule has 1 aromatic rings. The highest BCUT2D eigenvalue weighted by atomic mass is 32.2. The summed E-state index contributed by atoms with van der Waals surface area (Å²) >= 11 is 0. The van der Waals surface area contributed by atoms with Crippen molar-refractivity contribution in [2.24, 2.45) is 0 Å². The van der Waals surface area contributed by atoms with E-state index in [9.17, 15) is 8.42 Å². The van der Waals surface area contributed by atoms with Crippen LogP contribution in [0.1, 0.15) is 20.3 Å². The molecule has 0 aromatic carbocycles. The molecule has 6 nitrogen and oxygen atoms in total. The van der Waals surface area contributed by atoms with Crippen molar-refractivity contribution in [3.05, 3.63) is 18.3 Å². The molecule has 0 aliphatic rings. The number of sulfonamides is 1. The van der Waals surface area contributed by atoms with Crippen molar-refractivity contribution in [3.63, 3.8) is 0 Å². The second kappa shape index (κ2) is 8.18. The molecular weight excluding hydrogens is 276 g/mol. The quantitative estimate of drug-likeness (QED) is 0.715. The van der Waals surface area contributed by atoms with Gasteiger partial charge in [-0.25, -0.2) is 18.1 Å². The first-order chi connectivity index (χ1) is 9.51. The van der Waals surface area contributed by atoms with Crippen molar-refractivity contribution < 1.29 is 8.42 Å². The molecule has 1 aromatic heterocycles. The first-order valence-electron chi connectivity index (χ1n) is 6.88. The lowest BCUT2D eigenvalue weighted by molar-refractivity contribution is 0.358. The van der Waals surface area contributed by atoms with Gasteiger partial charge >= 0.3 is 0 Å². The lowest BCUT2D eigenvalue weighted by Gasteiger charge is -2.15. The van der Waals surface area contributed by atoms with E-state index in [0.717, 1.165) is 13.0 Å². The van der Waals surface area contributed by atoms with Gasteiger partial charge in [-0.3, -0.25) is 0 Å². The first kappa shape index (κ1) is 16.9. The summed E-state index contributed by atoms with van der Waals surface area (Å²) in [6.07, 6.45) is 2.49. The average molecular weight is 300 g/mol. The van der Waals surface area contributed by atoms with E-state index >= 15 is 0 Å². The van der Waals surface area contributed by atoms with Gasteiger partial charge in [-0.2, -0.15) is 0 Å². The van der Waals surface area contributed by atoms with Crippen LogP contribution in [0.15, 0.2) is 23.2 Å². The molecule has 0 atom stereocenters. The number of pyridine rings is 1. The molecule has 0 amide bonds. The molecule has 20 heavy (non-hydrogen) atoms. The van der Waals surface area contributed by atoms with Gasteiger partial charge in [0, 0.05) is 25.8 Å². The molecule has 0 radical (unpaired) electrons. The summed E-state index contributed by atoms with van der Waals surface area (Å²) in [4.78, 5) is 6.35. The maximum Gasteiger partial charge on any atom is 0.244 e. The SMILES string of the molecule is CCCNc1ncccc1S(=O)(=O)NCCN(C)CC. The van der Waals surface area contributed by atoms with E-state index in [0.29, 0.717) is 25.5 Å². The highest BCUT2D eigenvalue weighted by Crippen LogP contribution is 2.17. The number of likely N-dealkylation sites (N-methyl/N-ethyl adjacent to an activating group) is 1. The lowest BCUT2D eigenvalue weighted by atomic mass is 10.4. The Balaban J connectivity index is 2.76. The van der Waals surface area contributed by atoms with Gasteiger partial charge in [0.05, 0.1) is 0 Å². The number of nitrogens with one attached hydrogen (secondary N) is 2. The van der Waals surface area contributed by atoms with Crippen LogP contribution in [0.25, 0.3) is 0 Å². The Morgan fingerprint density at radius 2 is 2.05 bits per heavy atom. The molecule has 7 heteroatoms. The molecule has 0 aliphatic heterocycles. The summed E-state index contributed by atoms with van der Waals surface area (Å²) in [5.74, 6) is 0.408. The van der Waals surface area contributed by atoms with Gasteiger partial charge in [-0.15, -0.1) is 0 Å². The van der Waals surface area contributed by atoms with Crippen molar-refractivity contribution in [3.8, 4) is 0 Å². The third-order valence-corrected chi connectivity index (χ3v) is 4.42. The van der Waals surface area contributed by atoms with Crippen LogP contribution in [0, 0.1) is 0 Å². The zero-order valence-corrected chi connectivity index (χ0v) is 13.2. The molecule has 0 fully saturated rings. The van der Waals surface area contributed by atoms with Crippen molar-refractivity contribution in [2.45, 2.75) is 25.2 Å². The van der Waals surface area contributed by atoms with E-state index in [2.05, 4.69) is 15.0 Å². The van der Waals surface area contributed by atoms with E-state index in [1.54, 1.807) is 18.3 Å². The van der Waals surface area contributed by atoms with Gasteiger partial charge in [0.15, 0.2) is 0 Å². The number of hydrogen-bond acceptors (Lipinski definition) is 5. The Labute approximate surface area is 121 Å². The fourth-order valence-electron chi connectivity index (χ4n) is 1.59. The zero-order chi connectivity index (χ0) is 15.0. The van der Waals surface area contributed by atoms with E-state index < -0.39 is 10.0 Å². The van der Waals surface area contributed by atoms with Gasteiger partial charge in [0.1, 0.15) is 10.7 Å². The van der Waals surface area contributed by atoms with Gasteiger partial charge in [0.25, 0.3) is 0 Å². The Hall–Kier alpha value is -1.18. The fourth-order valence-corrected chi connectivity index (χ4v) is 2.74. The minimum atomic E-state index is -3.53. The van der Waals surface area contributed by atoms with Crippen LogP contribution < -0.4 is 10.0 Å². The lowest BCUT2D eigenvalue weighted by Crippen LogP contribution is -2.33. The van der Waals surface area contributed by atoms with Crippen LogP contribution in [0.5, 0.6) is 0 Å². The minimum Gasteiger partial charge on any atom is -0.369 e. The Kier molecular flexibility index (Phi) is 6.90. The second-order valence-corrected chi connectivity index (χ2v) is 6.31. The monoisotopic (exact) mass is 300 g/mol. The topological polar surface area (TPSA) is 74.3 Å². The molecule has 0 spiro atoms. The predicted molar refractivity (Wildman–Crippen MR) is 81.4 cm³/mol. The van der Waals surface area contributed by atoms with E-state index in [4.69, 9.17) is 0 Å². The summed E-state index contributed by atoms with van der Waals surface area (Å²) in [5.41, 5.74) is 0. The van der Waals surface area contributed by atoms with Crippen molar-refractivity contribution in [1.29, 1.82) is 0 Å². The van der Waals surface area contributed by atoms with Crippen molar-refractivity contribution >= 4 is 15.8 Å². The van der Waals surface area contributed by atoms with Crippen LogP contribution in [-0.4, -0.2) is 51.5 Å². The van der Waals surface area contributed by atoms with Crippen LogP contribution in [-0.2, 0) is 10.0 Å². The Morgan fingerprint density at radius 3 is 2.70 bits per heavy atom. The van der Waals surface area contributed by atoms with Crippen molar-refractivity contribution in [2.75, 3.05) is 38.5 Å². The molecule has 0 saturated heterocycles. The summed E-state index contributed by atoms with van der Waals surface area (Å²) in [6, 6.07) is 3.20. The van der Waals surface area contributed by atoms with Gasteiger partial charge in [0.2, 0.25) is 10.0 Å². The largest absolute Gasteiger partial charge is 0.369 e. The van der Waals surface area contributed by atoms with Crippen LogP contribution >= 0.6 is 0 Å². The second-order valence-electron chi connectivity index (χ2n) is 4.57. The maximum absolute atomic E-state index is 12.3. The smallest absolute Gasteiger partial charge is 0.244 e. The summed E-state index contributed by atoms with van der Waals surface area (Å²) < 4.78 is 27.2. The number of nitrogens with zero attached hydrogens (tertiary/aromatic N) is 2. The standard InChI is InChI=1S/C13H24N4O2S/c1-4-8-14-13-12(7-6-9-15-13)20(18,19)16-10-11-17(3)5-2/h6-7,9,16H,4-5,8,10-11H2,1-3H3,(H,14,15). The summed E-state index contributed by atoms with van der Waals surface area (Å²) in [6.45, 7) is 6.68. The molecule has 0 bridgehead atoms. The molecule has 1 rings (SSSR count). The van der Waals surface area contributed by atoms with Crippen molar-refractivity contribution in [1.82, 2.24) is 14.6 Å². The van der Waals surface area contributed by atoms with E-state index in [1.165, 1.54) is 0 Å². The number of anilines is 1. The molecule has 114 valence electrons. The molecule has 0 aliphatic carbocycles. The van der Waals surface area contributed by atoms with Crippen LogP contribution in [0.4, 0.5) is 5.82 Å². The Bertz CT molecular complexity index is 505. The van der Waals surface area contributed by atoms with Crippen LogP contribution in [0.2, 0.25) is 0 Å². The van der Waals surface area contributed by atoms with Gasteiger partial charge < -0.3 is 10.2 Å². The van der Waals surface area contributed by atoms with E-state index in [-0.39, 0.29) is 4.90 Å². The number of rotatable bonds is 9. The number of aromatic nitrogens is 1. The summed E-state index contributed by atoms with van der Waals surface area (Å²) in [7, 11) is -1.58. The third kappa shape index (κ3) is 5.07. The maximum atomic E-state index is 12.3. The molecular formula is C13H24N4O2S. The van der Waals surface area contributed by atoms with Gasteiger partial charge in [-0.1, -0.05) is 13.8 Å². The predicted octanol–water partition coefficient (Wildman–Crippen LogP) is 1.13.